The summed E-state index contributed by atoms with van der Waals surface area (Å²) in [5.41, 5.74) is 2.35. The third-order valence-corrected chi connectivity index (χ3v) is 3.75. The van der Waals surface area contributed by atoms with E-state index in [1.54, 1.807) is 13.8 Å². The van der Waals surface area contributed by atoms with Crippen molar-refractivity contribution >= 4 is 11.6 Å². The first-order valence-electron chi connectivity index (χ1n) is 8.22. The molecular formula is C19H30N2O3. The minimum absolute atomic E-state index is 0.165. The first-order chi connectivity index (χ1) is 11.0. The van der Waals surface area contributed by atoms with Crippen LogP contribution in [0.1, 0.15) is 45.7 Å². The lowest BCUT2D eigenvalue weighted by molar-refractivity contribution is 0.0935. The Morgan fingerprint density at radius 2 is 1.79 bits per heavy atom. The van der Waals surface area contributed by atoms with Crippen LogP contribution in [0.4, 0.5) is 4.79 Å². The van der Waals surface area contributed by atoms with Gasteiger partial charge in [0.1, 0.15) is 0 Å². The second kappa shape index (κ2) is 8.31. The van der Waals surface area contributed by atoms with Crippen molar-refractivity contribution in [2.45, 2.75) is 52.4 Å². The maximum atomic E-state index is 12.6. The maximum absolute atomic E-state index is 12.6. The molecule has 0 saturated heterocycles. The first-order valence-corrected chi connectivity index (χ1v) is 8.22. The molecule has 5 heteroatoms. The fraction of sp³-hybridized carbons (Fsp3) is 0.526. The number of urea groups is 1. The minimum Gasteiger partial charge on any atom is -0.392 e. The standard InChI is InChI=1S/C19H30N2O3/c1-13(2)16-8-7-9-17(10-16)19(5,6)20-18(24)21(11-14(3)22)12-15(4)23/h7-10,14-15,22-23H,1,11-12H2,2-6H3,(H,20,24)/t14-,15-/m1/s1. The Balaban J connectivity index is 2.95. The molecule has 2 atom stereocenters. The number of carbonyl (C=O) groups is 1. The molecule has 0 bridgehead atoms. The second-order valence-corrected chi connectivity index (χ2v) is 7.02. The number of allylic oxidation sites excluding steroid dienone is 1. The second-order valence-electron chi connectivity index (χ2n) is 7.02. The van der Waals surface area contributed by atoms with E-state index in [1.807, 2.05) is 45.0 Å². The summed E-state index contributed by atoms with van der Waals surface area (Å²) >= 11 is 0. The van der Waals surface area contributed by atoms with Gasteiger partial charge in [-0.05, 0) is 51.8 Å². The fourth-order valence-electron chi connectivity index (χ4n) is 2.47. The van der Waals surface area contributed by atoms with Crippen LogP contribution in [0.25, 0.3) is 5.57 Å². The highest BCUT2D eigenvalue weighted by atomic mass is 16.3. The zero-order valence-corrected chi connectivity index (χ0v) is 15.3. The van der Waals surface area contributed by atoms with Crippen molar-refractivity contribution in [3.8, 4) is 0 Å². The quantitative estimate of drug-likeness (QED) is 0.718. The van der Waals surface area contributed by atoms with Crippen molar-refractivity contribution in [1.29, 1.82) is 0 Å². The SMILES string of the molecule is C=C(C)c1cccc(C(C)(C)NC(=O)N(C[C@@H](C)O)C[C@@H](C)O)c1. The number of hydrogen-bond acceptors (Lipinski definition) is 3. The number of amides is 2. The molecule has 0 aliphatic carbocycles. The molecule has 24 heavy (non-hydrogen) atoms. The van der Waals surface area contributed by atoms with Gasteiger partial charge in [0.2, 0.25) is 0 Å². The molecule has 2 amide bonds. The van der Waals surface area contributed by atoms with E-state index in [0.29, 0.717) is 0 Å². The number of rotatable bonds is 7. The summed E-state index contributed by atoms with van der Waals surface area (Å²) in [6.45, 7) is 13.3. The van der Waals surface area contributed by atoms with Gasteiger partial charge < -0.3 is 20.4 Å². The van der Waals surface area contributed by atoms with Crippen LogP contribution in [0.2, 0.25) is 0 Å². The molecule has 1 aromatic rings. The molecule has 0 spiro atoms. The molecule has 0 aliphatic heterocycles. The highest BCUT2D eigenvalue weighted by Gasteiger charge is 2.27. The Morgan fingerprint density at radius 1 is 1.25 bits per heavy atom. The van der Waals surface area contributed by atoms with E-state index in [-0.39, 0.29) is 19.1 Å². The summed E-state index contributed by atoms with van der Waals surface area (Å²) in [4.78, 5) is 14.0. The molecule has 1 rings (SSSR count). The Hall–Kier alpha value is -1.85. The Kier molecular flexibility index (Phi) is 6.99. The zero-order valence-electron chi connectivity index (χ0n) is 15.3. The van der Waals surface area contributed by atoms with Crippen LogP contribution < -0.4 is 5.32 Å². The van der Waals surface area contributed by atoms with Gasteiger partial charge in [0.05, 0.1) is 17.7 Å². The van der Waals surface area contributed by atoms with E-state index >= 15 is 0 Å². The van der Waals surface area contributed by atoms with Crippen LogP contribution >= 0.6 is 0 Å². The molecule has 0 radical (unpaired) electrons. The van der Waals surface area contributed by atoms with Crippen molar-refractivity contribution in [3.05, 3.63) is 42.0 Å². The lowest BCUT2D eigenvalue weighted by Gasteiger charge is -2.33. The topological polar surface area (TPSA) is 72.8 Å². The van der Waals surface area contributed by atoms with Gasteiger partial charge in [0.25, 0.3) is 0 Å². The Bertz CT molecular complexity index is 570. The Morgan fingerprint density at radius 3 is 2.25 bits per heavy atom. The van der Waals surface area contributed by atoms with Gasteiger partial charge in [-0.2, -0.15) is 0 Å². The van der Waals surface area contributed by atoms with Crippen molar-refractivity contribution in [2.24, 2.45) is 0 Å². The number of carbonyl (C=O) groups excluding carboxylic acids is 1. The molecule has 3 N–H and O–H groups in total. The molecule has 0 heterocycles. The molecule has 0 aromatic heterocycles. The third kappa shape index (κ3) is 5.98. The van der Waals surface area contributed by atoms with Crippen molar-refractivity contribution in [1.82, 2.24) is 10.2 Å². The maximum Gasteiger partial charge on any atom is 0.318 e. The number of hydrogen-bond donors (Lipinski definition) is 3. The fourth-order valence-corrected chi connectivity index (χ4v) is 2.47. The van der Waals surface area contributed by atoms with Crippen LogP contribution in [-0.4, -0.2) is 46.4 Å². The molecule has 0 unspecified atom stereocenters. The monoisotopic (exact) mass is 334 g/mol. The van der Waals surface area contributed by atoms with Crippen molar-refractivity contribution < 1.29 is 15.0 Å². The van der Waals surface area contributed by atoms with Gasteiger partial charge in [-0.1, -0.05) is 30.4 Å². The predicted octanol–water partition coefficient (Wildman–Crippen LogP) is 2.73. The molecule has 0 saturated carbocycles. The smallest absolute Gasteiger partial charge is 0.318 e. The van der Waals surface area contributed by atoms with E-state index in [9.17, 15) is 15.0 Å². The van der Waals surface area contributed by atoms with Crippen LogP contribution in [0.15, 0.2) is 30.8 Å². The van der Waals surface area contributed by atoms with Crippen molar-refractivity contribution in [2.75, 3.05) is 13.1 Å². The normalized spacial score (nSPS) is 14.0. The van der Waals surface area contributed by atoms with E-state index in [2.05, 4.69) is 11.9 Å². The Labute approximate surface area is 145 Å². The van der Waals surface area contributed by atoms with Gasteiger partial charge in [-0.25, -0.2) is 4.79 Å². The van der Waals surface area contributed by atoms with Gasteiger partial charge in [0.15, 0.2) is 0 Å². The van der Waals surface area contributed by atoms with Gasteiger partial charge >= 0.3 is 6.03 Å². The number of nitrogens with one attached hydrogen (secondary N) is 1. The minimum atomic E-state index is -0.663. The summed E-state index contributed by atoms with van der Waals surface area (Å²) in [6, 6.07) is 7.58. The lowest BCUT2D eigenvalue weighted by atomic mass is 9.92. The summed E-state index contributed by atoms with van der Waals surface area (Å²) in [6.07, 6.45) is -1.33. The summed E-state index contributed by atoms with van der Waals surface area (Å²) < 4.78 is 0. The van der Waals surface area contributed by atoms with Crippen LogP contribution in [0.5, 0.6) is 0 Å². The zero-order chi connectivity index (χ0) is 18.5. The number of nitrogens with zero attached hydrogens (tertiary/aromatic N) is 1. The molecule has 0 aliphatic rings. The number of aliphatic hydroxyl groups excluding tert-OH is 2. The van der Waals surface area contributed by atoms with Gasteiger partial charge in [0, 0.05) is 13.1 Å². The molecule has 5 nitrogen and oxygen atoms in total. The number of benzene rings is 1. The predicted molar refractivity (Wildman–Crippen MR) is 97.6 cm³/mol. The molecule has 134 valence electrons. The molecule has 1 aromatic carbocycles. The summed E-state index contributed by atoms with van der Waals surface area (Å²) in [5, 5.41) is 22.2. The van der Waals surface area contributed by atoms with Crippen LogP contribution in [-0.2, 0) is 5.54 Å². The van der Waals surface area contributed by atoms with Crippen LogP contribution in [0.3, 0.4) is 0 Å². The van der Waals surface area contributed by atoms with Crippen LogP contribution in [0, 0.1) is 0 Å². The van der Waals surface area contributed by atoms with E-state index < -0.39 is 17.7 Å². The third-order valence-electron chi connectivity index (χ3n) is 3.75. The van der Waals surface area contributed by atoms with Gasteiger partial charge in [-0.3, -0.25) is 0 Å². The molecular weight excluding hydrogens is 304 g/mol. The molecule has 0 fully saturated rings. The van der Waals surface area contributed by atoms with Crippen molar-refractivity contribution in [3.63, 3.8) is 0 Å². The van der Waals surface area contributed by atoms with E-state index in [0.717, 1.165) is 16.7 Å². The summed E-state index contributed by atoms with van der Waals surface area (Å²) in [7, 11) is 0. The highest BCUT2D eigenvalue weighted by molar-refractivity contribution is 5.75. The average Bonchev–Trinajstić information content (AvgIpc) is 2.45. The largest absolute Gasteiger partial charge is 0.392 e. The van der Waals surface area contributed by atoms with Gasteiger partial charge in [-0.15, -0.1) is 0 Å². The highest BCUT2D eigenvalue weighted by Crippen LogP contribution is 2.23. The summed E-state index contributed by atoms with van der Waals surface area (Å²) in [5.74, 6) is 0. The number of aliphatic hydroxyl groups is 2. The average molecular weight is 334 g/mol. The van der Waals surface area contributed by atoms with E-state index in [4.69, 9.17) is 0 Å². The van der Waals surface area contributed by atoms with E-state index in [1.165, 1.54) is 4.90 Å². The first kappa shape index (κ1) is 20.2. The lowest BCUT2D eigenvalue weighted by Crippen LogP contribution is -2.51.